The van der Waals surface area contributed by atoms with Crippen LogP contribution in [0.2, 0.25) is 5.02 Å². The highest BCUT2D eigenvalue weighted by Gasteiger charge is 2.98. The standard InChI is InChI=1S/C15H9Cl3F6O2/c16-8-3-1-2-7-6(8)4-5-9(7)26-11(25)10-12(17,14(19,20)21)13(10,18)15(22,23)24/h1-3,9-10H,4-5H2. The molecule has 11 heteroatoms. The highest BCUT2D eigenvalue weighted by Crippen LogP contribution is 2.75. The van der Waals surface area contributed by atoms with E-state index in [1.165, 1.54) is 12.1 Å². The van der Waals surface area contributed by atoms with Crippen molar-refractivity contribution in [1.82, 2.24) is 0 Å². The Kier molecular flexibility index (Phi) is 4.45. The summed E-state index contributed by atoms with van der Waals surface area (Å²) in [6, 6.07) is 4.65. The minimum absolute atomic E-state index is 0.181. The number of ether oxygens (including phenoxy) is 1. The van der Waals surface area contributed by atoms with Gasteiger partial charge in [-0.2, -0.15) is 26.3 Å². The molecule has 2 nitrogen and oxygen atoms in total. The fraction of sp³-hybridized carbons (Fsp3) is 0.533. The molecule has 144 valence electrons. The zero-order valence-electron chi connectivity index (χ0n) is 12.5. The fourth-order valence-corrected chi connectivity index (χ4v) is 4.53. The molecule has 2 aliphatic rings. The summed E-state index contributed by atoms with van der Waals surface area (Å²) in [6.45, 7) is 0. The molecule has 3 unspecified atom stereocenters. The third kappa shape index (κ3) is 2.52. The lowest BCUT2D eigenvalue weighted by molar-refractivity contribution is -0.176. The molecule has 3 atom stereocenters. The summed E-state index contributed by atoms with van der Waals surface area (Å²) in [6.07, 6.45) is -11.6. The summed E-state index contributed by atoms with van der Waals surface area (Å²) < 4.78 is 83.7. The van der Waals surface area contributed by atoms with Crippen LogP contribution in [-0.2, 0) is 16.0 Å². The number of benzene rings is 1. The third-order valence-corrected chi connectivity index (χ3v) is 6.63. The number of esters is 1. The summed E-state index contributed by atoms with van der Waals surface area (Å²) in [4.78, 5) is 4.20. The maximum absolute atomic E-state index is 13.1. The second kappa shape index (κ2) is 5.82. The van der Waals surface area contributed by atoms with Gasteiger partial charge in [-0.05, 0) is 30.0 Å². The lowest BCUT2D eigenvalue weighted by Crippen LogP contribution is -2.40. The fourth-order valence-electron chi connectivity index (χ4n) is 3.37. The van der Waals surface area contributed by atoms with Gasteiger partial charge in [0.15, 0.2) is 9.75 Å². The first kappa shape index (κ1) is 19.9. The molecular formula is C15H9Cl3F6O2. The lowest BCUT2D eigenvalue weighted by Gasteiger charge is -2.19. The molecule has 0 aliphatic heterocycles. The molecule has 0 spiro atoms. The van der Waals surface area contributed by atoms with E-state index >= 15 is 0 Å². The van der Waals surface area contributed by atoms with Crippen LogP contribution in [0.3, 0.4) is 0 Å². The van der Waals surface area contributed by atoms with E-state index in [0.29, 0.717) is 22.6 Å². The van der Waals surface area contributed by atoms with Crippen molar-refractivity contribution in [1.29, 1.82) is 0 Å². The van der Waals surface area contributed by atoms with Crippen LogP contribution in [0.5, 0.6) is 0 Å². The van der Waals surface area contributed by atoms with E-state index in [1.807, 2.05) is 0 Å². The van der Waals surface area contributed by atoms with E-state index < -0.39 is 40.1 Å². The van der Waals surface area contributed by atoms with Crippen LogP contribution in [0.1, 0.15) is 23.7 Å². The second-order valence-corrected chi connectivity index (χ2v) is 7.72. The van der Waals surface area contributed by atoms with Crippen molar-refractivity contribution in [3.63, 3.8) is 0 Å². The van der Waals surface area contributed by atoms with Gasteiger partial charge < -0.3 is 4.74 Å². The normalized spacial score (nSPS) is 33.7. The minimum atomic E-state index is -5.56. The number of rotatable bonds is 2. The van der Waals surface area contributed by atoms with Crippen LogP contribution in [0, 0.1) is 5.92 Å². The summed E-state index contributed by atoms with van der Waals surface area (Å²) >= 11 is 16.3. The Bertz CT molecular complexity index is 739. The van der Waals surface area contributed by atoms with E-state index in [9.17, 15) is 31.1 Å². The predicted molar refractivity (Wildman–Crippen MR) is 81.4 cm³/mol. The number of carbonyl (C=O) groups is 1. The Morgan fingerprint density at radius 1 is 1.08 bits per heavy atom. The zero-order chi connectivity index (χ0) is 19.7. The number of fused-ring (bicyclic) bond motifs is 1. The molecule has 0 saturated heterocycles. The first-order valence-corrected chi connectivity index (χ1v) is 8.39. The van der Waals surface area contributed by atoms with Gasteiger partial charge in [0, 0.05) is 5.02 Å². The van der Waals surface area contributed by atoms with E-state index in [-0.39, 0.29) is 6.42 Å². The van der Waals surface area contributed by atoms with Crippen molar-refractivity contribution in [3.05, 3.63) is 34.3 Å². The molecule has 0 N–H and O–H groups in total. The number of halogens is 9. The second-order valence-electron chi connectivity index (χ2n) is 6.12. The number of hydrogen-bond acceptors (Lipinski definition) is 2. The van der Waals surface area contributed by atoms with Gasteiger partial charge in [-0.1, -0.05) is 23.7 Å². The van der Waals surface area contributed by atoms with Crippen molar-refractivity contribution in [2.45, 2.75) is 41.0 Å². The van der Waals surface area contributed by atoms with E-state index in [1.54, 1.807) is 6.07 Å². The molecular weight excluding hydrogens is 433 g/mol. The van der Waals surface area contributed by atoms with Gasteiger partial charge in [0.25, 0.3) is 0 Å². The van der Waals surface area contributed by atoms with Crippen molar-refractivity contribution < 1.29 is 35.9 Å². The summed E-state index contributed by atoms with van der Waals surface area (Å²) in [7, 11) is 0. The van der Waals surface area contributed by atoms with Crippen LogP contribution >= 0.6 is 34.8 Å². The summed E-state index contributed by atoms with van der Waals surface area (Å²) in [5.41, 5.74) is 1.06. The van der Waals surface area contributed by atoms with E-state index in [4.69, 9.17) is 39.5 Å². The SMILES string of the molecule is O=C(OC1CCc2c(Cl)cccc21)C1C(Cl)(C(F)(F)F)C1(Cl)C(F)(F)F. The monoisotopic (exact) mass is 440 g/mol. The molecule has 1 saturated carbocycles. The van der Waals surface area contributed by atoms with Crippen LogP contribution in [0.15, 0.2) is 18.2 Å². The molecule has 0 amide bonds. The van der Waals surface area contributed by atoms with Gasteiger partial charge in [-0.25, -0.2) is 0 Å². The van der Waals surface area contributed by atoms with Crippen molar-refractivity contribution in [2.24, 2.45) is 5.92 Å². The molecule has 3 rings (SSSR count). The van der Waals surface area contributed by atoms with Crippen molar-refractivity contribution in [2.75, 3.05) is 0 Å². The molecule has 2 aliphatic carbocycles. The number of alkyl halides is 8. The molecule has 0 heterocycles. The topological polar surface area (TPSA) is 26.3 Å². The highest BCUT2D eigenvalue weighted by molar-refractivity contribution is 6.43. The van der Waals surface area contributed by atoms with Crippen molar-refractivity contribution in [3.8, 4) is 0 Å². The van der Waals surface area contributed by atoms with Gasteiger partial charge >= 0.3 is 18.3 Å². The van der Waals surface area contributed by atoms with Gasteiger partial charge in [0.2, 0.25) is 0 Å². The van der Waals surface area contributed by atoms with Gasteiger partial charge in [0.1, 0.15) is 12.0 Å². The van der Waals surface area contributed by atoms with Gasteiger partial charge in [-0.3, -0.25) is 4.79 Å². The van der Waals surface area contributed by atoms with Gasteiger partial charge in [-0.15, -0.1) is 23.2 Å². The third-order valence-electron chi connectivity index (χ3n) is 4.72. The average molecular weight is 442 g/mol. The molecule has 1 aromatic carbocycles. The molecule has 1 aromatic rings. The molecule has 0 bridgehead atoms. The zero-order valence-corrected chi connectivity index (χ0v) is 14.8. The highest BCUT2D eigenvalue weighted by atomic mass is 35.5. The predicted octanol–water partition coefficient (Wildman–Crippen LogP) is 5.58. The molecule has 0 radical (unpaired) electrons. The summed E-state index contributed by atoms with van der Waals surface area (Å²) in [5, 5.41) is 0.372. The maximum Gasteiger partial charge on any atom is 0.410 e. The smallest absolute Gasteiger partial charge is 0.410 e. The Morgan fingerprint density at radius 3 is 2.12 bits per heavy atom. The van der Waals surface area contributed by atoms with E-state index in [0.717, 1.165) is 0 Å². The average Bonchev–Trinajstić information content (AvgIpc) is 2.83. The van der Waals surface area contributed by atoms with Crippen LogP contribution in [-0.4, -0.2) is 28.1 Å². The van der Waals surface area contributed by atoms with E-state index in [2.05, 4.69) is 0 Å². The molecule has 1 fully saturated rings. The van der Waals surface area contributed by atoms with Crippen LogP contribution in [0.4, 0.5) is 26.3 Å². The minimum Gasteiger partial charge on any atom is -0.457 e. The Morgan fingerprint density at radius 2 is 1.62 bits per heavy atom. The Hall–Kier alpha value is -0.860. The first-order chi connectivity index (χ1) is 11.8. The number of carbonyl (C=O) groups excluding carboxylic acids is 1. The first-order valence-electron chi connectivity index (χ1n) is 7.26. The number of hydrogen-bond donors (Lipinski definition) is 0. The quantitative estimate of drug-likeness (QED) is 0.340. The molecule has 26 heavy (non-hydrogen) atoms. The van der Waals surface area contributed by atoms with Crippen LogP contribution in [0.25, 0.3) is 0 Å². The lowest BCUT2D eigenvalue weighted by atomic mass is 10.1. The van der Waals surface area contributed by atoms with Crippen molar-refractivity contribution >= 4 is 40.8 Å². The van der Waals surface area contributed by atoms with Gasteiger partial charge in [0.05, 0.1) is 0 Å². The molecule has 0 aromatic heterocycles. The largest absolute Gasteiger partial charge is 0.457 e. The Labute approximate surface area is 158 Å². The Balaban J connectivity index is 1.88. The van der Waals surface area contributed by atoms with Crippen LogP contribution < -0.4 is 0 Å². The summed E-state index contributed by atoms with van der Waals surface area (Å²) in [5.74, 6) is -4.55. The maximum atomic E-state index is 13.1.